The average molecular weight is 248 g/mol. The van der Waals surface area contributed by atoms with Gasteiger partial charge in [0, 0.05) is 12.2 Å². The first-order valence-electron chi connectivity index (χ1n) is 5.88. The van der Waals surface area contributed by atoms with Crippen LogP contribution in [0.3, 0.4) is 0 Å². The number of nitrogens with one attached hydrogen (secondary N) is 2. The zero-order valence-electron chi connectivity index (χ0n) is 10.1. The van der Waals surface area contributed by atoms with Gasteiger partial charge in [0.25, 0.3) is 5.91 Å². The van der Waals surface area contributed by atoms with E-state index in [9.17, 15) is 9.59 Å². The summed E-state index contributed by atoms with van der Waals surface area (Å²) in [5.41, 5.74) is 6.27. The van der Waals surface area contributed by atoms with E-state index in [2.05, 4.69) is 15.6 Å². The van der Waals surface area contributed by atoms with Crippen molar-refractivity contribution in [2.24, 2.45) is 0 Å². The van der Waals surface area contributed by atoms with Crippen molar-refractivity contribution in [2.75, 3.05) is 5.73 Å². The molecule has 1 aliphatic carbocycles. The lowest BCUT2D eigenvalue weighted by Gasteiger charge is -2.14. The van der Waals surface area contributed by atoms with Crippen LogP contribution in [0, 0.1) is 0 Å². The number of hydrogen-bond acceptors (Lipinski definition) is 4. The number of carbonyl (C=O) groups excluding carboxylic acids is 2. The third kappa shape index (κ3) is 2.97. The lowest BCUT2D eigenvalue weighted by Crippen LogP contribution is -2.45. The number of carbonyl (C=O) groups is 2. The van der Waals surface area contributed by atoms with Gasteiger partial charge in [-0.25, -0.2) is 0 Å². The van der Waals surface area contributed by atoms with E-state index < -0.39 is 6.04 Å². The maximum Gasteiger partial charge on any atom is 0.254 e. The molecule has 2 amide bonds. The van der Waals surface area contributed by atoms with Gasteiger partial charge in [-0.1, -0.05) is 0 Å². The molecule has 0 spiro atoms. The highest BCUT2D eigenvalue weighted by Gasteiger charge is 2.26. The Bertz CT molecular complexity index is 471. The van der Waals surface area contributed by atoms with E-state index in [0.717, 1.165) is 12.8 Å². The lowest BCUT2D eigenvalue weighted by molar-refractivity contribution is -0.122. The summed E-state index contributed by atoms with van der Waals surface area (Å²) in [6, 6.07) is 1.23. The van der Waals surface area contributed by atoms with Gasteiger partial charge in [0.1, 0.15) is 6.04 Å². The third-order valence-electron chi connectivity index (χ3n) is 2.76. The summed E-state index contributed by atoms with van der Waals surface area (Å²) < 4.78 is 0. The molecule has 1 aliphatic rings. The minimum Gasteiger partial charge on any atom is -0.397 e. The second-order valence-electron chi connectivity index (χ2n) is 4.44. The summed E-state index contributed by atoms with van der Waals surface area (Å²) in [6.07, 6.45) is 4.93. The Morgan fingerprint density at radius 1 is 1.50 bits per heavy atom. The fraction of sp³-hybridized carbons (Fsp3) is 0.417. The van der Waals surface area contributed by atoms with Crippen molar-refractivity contribution in [3.63, 3.8) is 0 Å². The minimum absolute atomic E-state index is 0.168. The van der Waals surface area contributed by atoms with E-state index in [1.54, 1.807) is 6.92 Å². The molecule has 6 nitrogen and oxygen atoms in total. The first kappa shape index (κ1) is 12.3. The zero-order valence-corrected chi connectivity index (χ0v) is 10.1. The Labute approximate surface area is 105 Å². The Balaban J connectivity index is 1.94. The molecule has 4 N–H and O–H groups in total. The van der Waals surface area contributed by atoms with E-state index >= 15 is 0 Å². The molecule has 96 valence electrons. The van der Waals surface area contributed by atoms with E-state index in [0.29, 0.717) is 11.3 Å². The fourth-order valence-corrected chi connectivity index (χ4v) is 1.51. The van der Waals surface area contributed by atoms with Gasteiger partial charge in [-0.15, -0.1) is 0 Å². The van der Waals surface area contributed by atoms with Gasteiger partial charge in [-0.3, -0.25) is 14.6 Å². The summed E-state index contributed by atoms with van der Waals surface area (Å²) in [5, 5.41) is 5.44. The summed E-state index contributed by atoms with van der Waals surface area (Å²) in [6.45, 7) is 1.65. The van der Waals surface area contributed by atoms with Crippen LogP contribution in [0.25, 0.3) is 0 Å². The molecule has 0 saturated heterocycles. The van der Waals surface area contributed by atoms with Gasteiger partial charge in [0.15, 0.2) is 0 Å². The zero-order chi connectivity index (χ0) is 13.1. The number of nitrogens with zero attached hydrogens (tertiary/aromatic N) is 1. The number of aromatic nitrogens is 1. The number of rotatable bonds is 4. The van der Waals surface area contributed by atoms with Gasteiger partial charge in [-0.05, 0) is 25.8 Å². The highest BCUT2D eigenvalue weighted by molar-refractivity contribution is 6.01. The molecule has 0 bridgehead atoms. The Morgan fingerprint density at radius 2 is 2.22 bits per heavy atom. The Hall–Kier alpha value is -2.11. The standard InChI is InChI=1S/C12H16N4O2/c1-7(11(17)16-8-2-3-8)15-12(18)9-4-5-14-6-10(9)13/h4-8H,2-3,13H2,1H3,(H,15,18)(H,16,17). The molecule has 18 heavy (non-hydrogen) atoms. The third-order valence-corrected chi connectivity index (χ3v) is 2.76. The van der Waals surface area contributed by atoms with Crippen LogP contribution in [-0.2, 0) is 4.79 Å². The molecule has 1 fully saturated rings. The molecule has 1 aromatic rings. The first-order valence-corrected chi connectivity index (χ1v) is 5.88. The maximum atomic E-state index is 11.9. The molecule has 2 rings (SSSR count). The molecule has 1 atom stereocenters. The summed E-state index contributed by atoms with van der Waals surface area (Å²) in [4.78, 5) is 27.4. The number of hydrogen-bond donors (Lipinski definition) is 3. The fourth-order valence-electron chi connectivity index (χ4n) is 1.51. The summed E-state index contributed by atoms with van der Waals surface area (Å²) in [7, 11) is 0. The highest BCUT2D eigenvalue weighted by atomic mass is 16.2. The van der Waals surface area contributed by atoms with Crippen molar-refractivity contribution in [1.29, 1.82) is 0 Å². The quantitative estimate of drug-likeness (QED) is 0.702. The predicted octanol–water partition coefficient (Wildman–Crippen LogP) is 0.0607. The van der Waals surface area contributed by atoms with Crippen LogP contribution < -0.4 is 16.4 Å². The topological polar surface area (TPSA) is 97.1 Å². The van der Waals surface area contributed by atoms with Gasteiger partial charge >= 0.3 is 0 Å². The van der Waals surface area contributed by atoms with Gasteiger partial charge < -0.3 is 16.4 Å². The smallest absolute Gasteiger partial charge is 0.254 e. The minimum atomic E-state index is -0.578. The normalized spacial score (nSPS) is 15.8. The molecule has 6 heteroatoms. The number of anilines is 1. The van der Waals surface area contributed by atoms with Gasteiger partial charge in [0.05, 0.1) is 17.4 Å². The van der Waals surface area contributed by atoms with Crippen LogP contribution in [-0.4, -0.2) is 28.9 Å². The SMILES string of the molecule is CC(NC(=O)c1ccncc1N)C(=O)NC1CC1. The molecular formula is C12H16N4O2. The number of amides is 2. The monoisotopic (exact) mass is 248 g/mol. The largest absolute Gasteiger partial charge is 0.397 e. The Kier molecular flexibility index (Phi) is 3.45. The molecule has 0 aliphatic heterocycles. The summed E-state index contributed by atoms with van der Waals surface area (Å²) >= 11 is 0. The van der Waals surface area contributed by atoms with Crippen LogP contribution in [0.2, 0.25) is 0 Å². The predicted molar refractivity (Wildman–Crippen MR) is 66.7 cm³/mol. The average Bonchev–Trinajstić information content (AvgIpc) is 3.13. The van der Waals surface area contributed by atoms with Crippen molar-refractivity contribution >= 4 is 17.5 Å². The number of pyridine rings is 1. The van der Waals surface area contributed by atoms with E-state index in [1.165, 1.54) is 18.5 Å². The van der Waals surface area contributed by atoms with Crippen molar-refractivity contribution in [3.05, 3.63) is 24.0 Å². The van der Waals surface area contributed by atoms with E-state index in [1.807, 2.05) is 0 Å². The molecule has 1 aromatic heterocycles. The van der Waals surface area contributed by atoms with Gasteiger partial charge in [0.2, 0.25) is 5.91 Å². The van der Waals surface area contributed by atoms with Crippen molar-refractivity contribution in [3.8, 4) is 0 Å². The number of nitrogens with two attached hydrogens (primary N) is 1. The van der Waals surface area contributed by atoms with Crippen LogP contribution in [0.5, 0.6) is 0 Å². The van der Waals surface area contributed by atoms with Gasteiger partial charge in [-0.2, -0.15) is 0 Å². The second kappa shape index (κ2) is 5.03. The molecule has 0 radical (unpaired) electrons. The number of nitrogen functional groups attached to an aromatic ring is 1. The molecule has 1 heterocycles. The lowest BCUT2D eigenvalue weighted by atomic mass is 10.2. The Morgan fingerprint density at radius 3 is 2.83 bits per heavy atom. The first-order chi connectivity index (χ1) is 8.58. The van der Waals surface area contributed by atoms with Crippen LogP contribution in [0.4, 0.5) is 5.69 Å². The van der Waals surface area contributed by atoms with Crippen LogP contribution in [0.1, 0.15) is 30.1 Å². The maximum absolute atomic E-state index is 11.9. The van der Waals surface area contributed by atoms with Crippen molar-refractivity contribution < 1.29 is 9.59 Å². The van der Waals surface area contributed by atoms with Crippen molar-refractivity contribution in [2.45, 2.75) is 31.8 Å². The molecule has 0 aromatic carbocycles. The van der Waals surface area contributed by atoms with E-state index in [-0.39, 0.29) is 17.9 Å². The second-order valence-corrected chi connectivity index (χ2v) is 4.44. The molecular weight excluding hydrogens is 232 g/mol. The molecule has 1 saturated carbocycles. The van der Waals surface area contributed by atoms with Crippen molar-refractivity contribution in [1.82, 2.24) is 15.6 Å². The molecule has 1 unspecified atom stereocenters. The summed E-state index contributed by atoms with van der Waals surface area (Å²) in [5.74, 6) is -0.535. The van der Waals surface area contributed by atoms with Crippen LogP contribution in [0.15, 0.2) is 18.5 Å². The van der Waals surface area contributed by atoms with Crippen LogP contribution >= 0.6 is 0 Å². The van der Waals surface area contributed by atoms with E-state index in [4.69, 9.17) is 5.73 Å². The highest BCUT2D eigenvalue weighted by Crippen LogP contribution is 2.18.